The Kier molecular flexibility index (Phi) is 5.31. The fourth-order valence-electron chi connectivity index (χ4n) is 5.16. The summed E-state index contributed by atoms with van der Waals surface area (Å²) in [7, 11) is 0. The molecule has 0 unspecified atom stereocenters. The second kappa shape index (κ2) is 7.20. The lowest BCUT2D eigenvalue weighted by atomic mass is 9.77. The summed E-state index contributed by atoms with van der Waals surface area (Å²) in [6.07, 6.45) is 8.62. The van der Waals surface area contributed by atoms with Gasteiger partial charge in [-0.05, 0) is 46.0 Å². The molecule has 3 fully saturated rings. The van der Waals surface area contributed by atoms with Gasteiger partial charge in [0, 0.05) is 32.6 Å². The van der Waals surface area contributed by atoms with Crippen LogP contribution in [0.2, 0.25) is 0 Å². The summed E-state index contributed by atoms with van der Waals surface area (Å²) < 4.78 is 0. The normalized spacial score (nSPS) is 27.9. The molecule has 3 amide bonds. The zero-order chi connectivity index (χ0) is 18.9. The van der Waals surface area contributed by atoms with E-state index in [4.69, 9.17) is 0 Å². The van der Waals surface area contributed by atoms with Gasteiger partial charge in [-0.25, -0.2) is 0 Å². The smallest absolute Gasteiger partial charge is 0.247 e. The van der Waals surface area contributed by atoms with Gasteiger partial charge in [0.25, 0.3) is 0 Å². The molecule has 6 nitrogen and oxygen atoms in total. The van der Waals surface area contributed by atoms with Crippen molar-refractivity contribution in [2.75, 3.05) is 19.6 Å². The van der Waals surface area contributed by atoms with Crippen LogP contribution in [-0.2, 0) is 14.4 Å². The third-order valence-corrected chi connectivity index (χ3v) is 6.45. The number of carbonyl (C=O) groups excluding carboxylic acids is 3. The number of rotatable bonds is 3. The lowest BCUT2D eigenvalue weighted by Crippen LogP contribution is -2.57. The second-order valence-electron chi connectivity index (χ2n) is 8.96. The first-order valence-electron chi connectivity index (χ1n) is 10.1. The van der Waals surface area contributed by atoms with Crippen LogP contribution in [0, 0.1) is 5.41 Å². The summed E-state index contributed by atoms with van der Waals surface area (Å²) >= 11 is 0. The van der Waals surface area contributed by atoms with Crippen molar-refractivity contribution in [1.82, 2.24) is 15.1 Å². The van der Waals surface area contributed by atoms with Crippen molar-refractivity contribution < 1.29 is 14.4 Å². The van der Waals surface area contributed by atoms with Crippen LogP contribution in [0.25, 0.3) is 0 Å². The first-order valence-corrected chi connectivity index (χ1v) is 10.1. The fourth-order valence-corrected chi connectivity index (χ4v) is 5.16. The fraction of sp³-hybridized carbons (Fsp3) is 0.850. The quantitative estimate of drug-likeness (QED) is 0.835. The number of hydrogen-bond acceptors (Lipinski definition) is 3. The van der Waals surface area contributed by atoms with Gasteiger partial charge in [0.15, 0.2) is 0 Å². The van der Waals surface area contributed by atoms with E-state index in [0.717, 1.165) is 38.6 Å². The molecule has 0 aromatic rings. The number of nitrogens with zero attached hydrogens (tertiary/aromatic N) is 2. The van der Waals surface area contributed by atoms with Crippen molar-refractivity contribution in [1.29, 1.82) is 0 Å². The molecule has 1 atom stereocenters. The largest absolute Gasteiger partial charge is 0.342 e. The molecule has 1 N–H and O–H groups in total. The molecule has 26 heavy (non-hydrogen) atoms. The van der Waals surface area contributed by atoms with Gasteiger partial charge < -0.3 is 15.1 Å². The molecule has 2 saturated heterocycles. The first-order chi connectivity index (χ1) is 12.3. The maximum absolute atomic E-state index is 13.4. The topological polar surface area (TPSA) is 69.7 Å². The predicted molar refractivity (Wildman–Crippen MR) is 99.3 cm³/mol. The molecule has 2 heterocycles. The van der Waals surface area contributed by atoms with E-state index < -0.39 is 11.0 Å². The number of nitrogens with one attached hydrogen (secondary N) is 1. The van der Waals surface area contributed by atoms with Gasteiger partial charge in [-0.1, -0.05) is 19.3 Å². The van der Waals surface area contributed by atoms with Crippen molar-refractivity contribution >= 4 is 17.7 Å². The van der Waals surface area contributed by atoms with Crippen LogP contribution >= 0.6 is 0 Å². The Balaban J connectivity index is 1.70. The van der Waals surface area contributed by atoms with Crippen LogP contribution < -0.4 is 5.32 Å². The number of likely N-dealkylation sites (tertiary alicyclic amines) is 2. The van der Waals surface area contributed by atoms with Crippen molar-refractivity contribution in [3.05, 3.63) is 0 Å². The maximum atomic E-state index is 13.4. The molecule has 1 aliphatic carbocycles. The van der Waals surface area contributed by atoms with E-state index in [1.807, 2.05) is 0 Å². The molecule has 1 saturated carbocycles. The molecule has 2 aliphatic heterocycles. The number of carbonyl (C=O) groups is 3. The SMILES string of the molecule is CC(=O)NC(C)(C)C(=O)N1CC[C@@]2(CCCN(C3CCCCC3)C2=O)C1. The van der Waals surface area contributed by atoms with E-state index >= 15 is 0 Å². The van der Waals surface area contributed by atoms with E-state index in [0.29, 0.717) is 19.1 Å². The predicted octanol–water partition coefficient (Wildman–Crippen LogP) is 2.07. The van der Waals surface area contributed by atoms with Gasteiger partial charge in [-0.3, -0.25) is 14.4 Å². The highest BCUT2D eigenvalue weighted by Crippen LogP contribution is 2.42. The number of hydrogen-bond donors (Lipinski definition) is 1. The second-order valence-corrected chi connectivity index (χ2v) is 8.96. The Hall–Kier alpha value is -1.59. The van der Waals surface area contributed by atoms with Gasteiger partial charge in [-0.2, -0.15) is 0 Å². The molecule has 3 aliphatic rings. The average Bonchev–Trinajstić information content (AvgIpc) is 3.01. The van der Waals surface area contributed by atoms with E-state index in [1.54, 1.807) is 18.7 Å². The van der Waals surface area contributed by atoms with Crippen LogP contribution in [0.3, 0.4) is 0 Å². The van der Waals surface area contributed by atoms with E-state index in [9.17, 15) is 14.4 Å². The summed E-state index contributed by atoms with van der Waals surface area (Å²) in [6, 6.07) is 0.397. The van der Waals surface area contributed by atoms with Crippen LogP contribution in [0.4, 0.5) is 0 Å². The number of amides is 3. The van der Waals surface area contributed by atoms with Gasteiger partial charge in [0.1, 0.15) is 5.54 Å². The monoisotopic (exact) mass is 363 g/mol. The van der Waals surface area contributed by atoms with Gasteiger partial charge >= 0.3 is 0 Å². The lowest BCUT2D eigenvalue weighted by Gasteiger charge is -2.44. The highest BCUT2D eigenvalue weighted by Gasteiger charge is 2.51. The molecule has 0 aromatic heterocycles. The lowest BCUT2D eigenvalue weighted by molar-refractivity contribution is -0.150. The molecular weight excluding hydrogens is 330 g/mol. The van der Waals surface area contributed by atoms with Crippen molar-refractivity contribution in [2.24, 2.45) is 5.41 Å². The Labute approximate surface area is 156 Å². The van der Waals surface area contributed by atoms with Gasteiger partial charge in [0.05, 0.1) is 5.41 Å². The Morgan fingerprint density at radius 2 is 1.77 bits per heavy atom. The molecule has 0 radical (unpaired) electrons. The van der Waals surface area contributed by atoms with Crippen LogP contribution in [0.1, 0.15) is 72.1 Å². The highest BCUT2D eigenvalue weighted by molar-refractivity contribution is 5.92. The van der Waals surface area contributed by atoms with Crippen LogP contribution in [0.15, 0.2) is 0 Å². The van der Waals surface area contributed by atoms with Gasteiger partial charge in [0.2, 0.25) is 17.7 Å². The zero-order valence-corrected chi connectivity index (χ0v) is 16.5. The molecular formula is C20H33N3O3. The highest BCUT2D eigenvalue weighted by atomic mass is 16.2. The van der Waals surface area contributed by atoms with Crippen LogP contribution in [-0.4, -0.2) is 58.7 Å². The zero-order valence-electron chi connectivity index (χ0n) is 16.5. The molecule has 0 bridgehead atoms. The van der Waals surface area contributed by atoms with Crippen LogP contribution in [0.5, 0.6) is 0 Å². The molecule has 6 heteroatoms. The summed E-state index contributed by atoms with van der Waals surface area (Å²) in [6.45, 7) is 6.87. The number of piperidine rings is 1. The molecule has 3 rings (SSSR count). The molecule has 1 spiro atoms. The first kappa shape index (κ1) is 19.2. The van der Waals surface area contributed by atoms with Crippen molar-refractivity contribution in [3.8, 4) is 0 Å². The third-order valence-electron chi connectivity index (χ3n) is 6.45. The van der Waals surface area contributed by atoms with E-state index in [1.165, 1.54) is 26.2 Å². The Morgan fingerprint density at radius 3 is 2.42 bits per heavy atom. The average molecular weight is 364 g/mol. The van der Waals surface area contributed by atoms with Crippen molar-refractivity contribution in [3.63, 3.8) is 0 Å². The van der Waals surface area contributed by atoms with Gasteiger partial charge in [-0.15, -0.1) is 0 Å². The maximum Gasteiger partial charge on any atom is 0.247 e. The minimum atomic E-state index is -0.932. The molecule has 0 aromatic carbocycles. The Bertz CT molecular complexity index is 583. The van der Waals surface area contributed by atoms with Crippen molar-refractivity contribution in [2.45, 2.75) is 83.7 Å². The Morgan fingerprint density at radius 1 is 1.08 bits per heavy atom. The van der Waals surface area contributed by atoms with E-state index in [-0.39, 0.29) is 17.7 Å². The minimum Gasteiger partial charge on any atom is -0.342 e. The van der Waals surface area contributed by atoms with E-state index in [2.05, 4.69) is 10.2 Å². The third kappa shape index (κ3) is 3.60. The summed E-state index contributed by atoms with van der Waals surface area (Å²) in [5, 5.41) is 2.73. The summed E-state index contributed by atoms with van der Waals surface area (Å²) in [4.78, 5) is 41.6. The molecule has 146 valence electrons. The summed E-state index contributed by atoms with van der Waals surface area (Å²) in [5.41, 5.74) is -1.34. The minimum absolute atomic E-state index is 0.0906. The standard InChI is InChI=1S/C20H33N3O3/c1-15(24)21-19(2,3)17(25)22-13-11-20(14-22)10-7-12-23(18(20)26)16-8-5-4-6-9-16/h16H,4-14H2,1-3H3,(H,21,24)/t20-/m0/s1. The summed E-state index contributed by atoms with van der Waals surface area (Å²) in [5.74, 6) is -0.0371.